The van der Waals surface area contributed by atoms with Crippen LogP contribution in [0.5, 0.6) is 5.75 Å². The number of nitrogens with zero attached hydrogens (tertiary/aromatic N) is 4. The van der Waals surface area contributed by atoms with Crippen molar-refractivity contribution in [2.45, 2.75) is 81.3 Å². The lowest BCUT2D eigenvalue weighted by Gasteiger charge is -2.27. The number of hydrogen-bond acceptors (Lipinski definition) is 8. The molecular formula is C24H35Cl2N7O3S. The first-order chi connectivity index (χ1) is 16.9. The maximum Gasteiger partial charge on any atom is 0.263 e. The Morgan fingerprint density at radius 2 is 1.70 bits per heavy atom. The molecule has 3 aromatic rings. The predicted molar refractivity (Wildman–Crippen MR) is 150 cm³/mol. The summed E-state index contributed by atoms with van der Waals surface area (Å²) in [6, 6.07) is 7.07. The van der Waals surface area contributed by atoms with Crippen molar-refractivity contribution in [2.24, 2.45) is 5.73 Å². The molecule has 4 N–H and O–H groups in total. The molecular weight excluding hydrogens is 537 g/mol. The monoisotopic (exact) mass is 571 g/mol. The van der Waals surface area contributed by atoms with Gasteiger partial charge in [-0.1, -0.05) is 12.8 Å². The van der Waals surface area contributed by atoms with E-state index in [1.54, 1.807) is 18.5 Å². The lowest BCUT2D eigenvalue weighted by Crippen LogP contribution is -2.33. The summed E-state index contributed by atoms with van der Waals surface area (Å²) in [5.74, 6) is 1.20. The predicted octanol–water partition coefficient (Wildman–Crippen LogP) is 4.67. The molecule has 0 unspecified atom stereocenters. The van der Waals surface area contributed by atoms with Crippen LogP contribution in [0.25, 0.3) is 11.2 Å². The van der Waals surface area contributed by atoms with Gasteiger partial charge in [0.05, 0.1) is 17.8 Å². The van der Waals surface area contributed by atoms with Gasteiger partial charge in [0.15, 0.2) is 17.0 Å². The third-order valence-electron chi connectivity index (χ3n) is 6.92. The van der Waals surface area contributed by atoms with Crippen molar-refractivity contribution in [3.05, 3.63) is 30.6 Å². The molecule has 5 rings (SSSR count). The van der Waals surface area contributed by atoms with E-state index in [9.17, 15) is 8.42 Å². The molecule has 1 aromatic carbocycles. The fraction of sp³-hybridized carbons (Fsp3) is 0.542. The molecule has 2 fully saturated rings. The van der Waals surface area contributed by atoms with E-state index >= 15 is 0 Å². The second-order valence-corrected chi connectivity index (χ2v) is 11.1. The van der Waals surface area contributed by atoms with Gasteiger partial charge < -0.3 is 20.4 Å². The molecule has 2 aliphatic carbocycles. The number of rotatable bonds is 8. The summed E-state index contributed by atoms with van der Waals surface area (Å²) in [5.41, 5.74) is 7.15. The number of fused-ring (bicyclic) bond motifs is 1. The van der Waals surface area contributed by atoms with Gasteiger partial charge >= 0.3 is 0 Å². The highest BCUT2D eigenvalue weighted by atomic mass is 35.5. The molecule has 10 nitrogen and oxygen atoms in total. The molecule has 0 saturated heterocycles. The minimum atomic E-state index is -3.89. The minimum Gasteiger partial charge on any atom is -0.494 e. The zero-order valence-electron chi connectivity index (χ0n) is 20.8. The fourth-order valence-corrected chi connectivity index (χ4v) is 6.02. The summed E-state index contributed by atoms with van der Waals surface area (Å²) >= 11 is 0. The van der Waals surface area contributed by atoms with Crippen molar-refractivity contribution < 1.29 is 13.2 Å². The molecule has 0 radical (unpaired) electrons. The van der Waals surface area contributed by atoms with Crippen molar-refractivity contribution >= 4 is 57.8 Å². The van der Waals surface area contributed by atoms with Crippen molar-refractivity contribution in [3.8, 4) is 5.75 Å². The number of nitrogens with one attached hydrogen (secondary N) is 2. The third kappa shape index (κ3) is 6.57. The first kappa shape index (κ1) is 29.2. The fourth-order valence-electron chi connectivity index (χ4n) is 5.02. The largest absolute Gasteiger partial charge is 0.494 e. The number of halogens is 2. The van der Waals surface area contributed by atoms with Gasteiger partial charge in [-0.2, -0.15) is 9.97 Å². The van der Waals surface area contributed by atoms with E-state index in [2.05, 4.69) is 24.6 Å². The van der Waals surface area contributed by atoms with E-state index in [4.69, 9.17) is 15.5 Å². The Labute approximate surface area is 230 Å². The second-order valence-electron chi connectivity index (χ2n) is 9.42. The summed E-state index contributed by atoms with van der Waals surface area (Å²) in [5, 5.41) is 3.42. The van der Waals surface area contributed by atoms with Crippen LogP contribution in [0.4, 0.5) is 11.8 Å². The Morgan fingerprint density at radius 3 is 2.35 bits per heavy atom. The summed E-state index contributed by atoms with van der Waals surface area (Å²) in [6.07, 6.45) is 9.95. The van der Waals surface area contributed by atoms with E-state index in [1.165, 1.54) is 25.0 Å². The second kappa shape index (κ2) is 12.5. The van der Waals surface area contributed by atoms with Gasteiger partial charge in [0.25, 0.3) is 10.0 Å². The van der Waals surface area contributed by atoms with E-state index in [0.29, 0.717) is 35.5 Å². The number of aromatic nitrogens is 4. The highest BCUT2D eigenvalue weighted by Crippen LogP contribution is 2.34. The van der Waals surface area contributed by atoms with Crippen molar-refractivity contribution in [3.63, 3.8) is 0 Å². The number of ether oxygens (including phenoxy) is 1. The lowest BCUT2D eigenvalue weighted by atomic mass is 9.92. The van der Waals surface area contributed by atoms with Crippen LogP contribution in [0.1, 0.15) is 64.3 Å². The van der Waals surface area contributed by atoms with Crippen molar-refractivity contribution in [1.82, 2.24) is 19.5 Å². The summed E-state index contributed by atoms with van der Waals surface area (Å²) in [6.45, 7) is 2.39. The Balaban J connectivity index is 0.00000190. The van der Waals surface area contributed by atoms with Crippen LogP contribution in [0.2, 0.25) is 0 Å². The third-order valence-corrected chi connectivity index (χ3v) is 8.28. The average molecular weight is 573 g/mol. The summed E-state index contributed by atoms with van der Waals surface area (Å²) in [7, 11) is -3.89. The van der Waals surface area contributed by atoms with Crippen molar-refractivity contribution in [2.75, 3.05) is 16.6 Å². The lowest BCUT2D eigenvalue weighted by molar-refractivity contribution is 0.340. The van der Waals surface area contributed by atoms with Crippen LogP contribution >= 0.6 is 24.8 Å². The number of benzene rings is 1. The van der Waals surface area contributed by atoms with Gasteiger partial charge in [0.1, 0.15) is 5.75 Å². The number of hydrogen-bond donors (Lipinski definition) is 3. The average Bonchev–Trinajstić information content (AvgIpc) is 3.51. The van der Waals surface area contributed by atoms with Crippen LogP contribution < -0.4 is 20.5 Å². The van der Waals surface area contributed by atoms with Gasteiger partial charge in [-0.3, -0.25) is 4.72 Å². The molecule has 0 aliphatic heterocycles. The van der Waals surface area contributed by atoms with Gasteiger partial charge in [-0.05, 0) is 69.7 Å². The molecule has 2 aliphatic rings. The highest BCUT2D eigenvalue weighted by molar-refractivity contribution is 7.92. The van der Waals surface area contributed by atoms with Gasteiger partial charge in [0, 0.05) is 18.1 Å². The van der Waals surface area contributed by atoms with Gasteiger partial charge in [0.2, 0.25) is 5.95 Å². The van der Waals surface area contributed by atoms with Crippen LogP contribution in [0, 0.1) is 0 Å². The topological polar surface area (TPSA) is 137 Å². The van der Waals surface area contributed by atoms with Crippen LogP contribution in [0.3, 0.4) is 0 Å². The number of nitrogens with two attached hydrogens (primary N) is 1. The van der Waals surface area contributed by atoms with Crippen LogP contribution in [-0.4, -0.2) is 46.6 Å². The van der Waals surface area contributed by atoms with Gasteiger partial charge in [-0.15, -0.1) is 24.8 Å². The molecule has 2 heterocycles. The highest BCUT2D eigenvalue weighted by Gasteiger charge is 2.25. The number of sulfonamides is 1. The summed E-state index contributed by atoms with van der Waals surface area (Å²) in [4.78, 5) is 14.0. The standard InChI is InChI=1S/C24H33N7O3S.2ClH/c1-2-34-19-11-13-20(14-12-19)35(32,33)30-22-21-23(31(15-26-21)18-5-3-4-6-18)29-24(28-22)27-17-9-7-16(25)8-10-17;;/h11-18H,2-10,25H2,1H3,(H2,27,28,29,30);2*1H. The normalized spacial score (nSPS) is 20.2. The van der Waals surface area contributed by atoms with E-state index in [1.807, 2.05) is 6.92 Å². The molecule has 37 heavy (non-hydrogen) atoms. The SMILES string of the molecule is CCOc1ccc(S(=O)(=O)Nc2nc(NC3CCC(N)CC3)nc3c2ncn3C2CCCC2)cc1.Cl.Cl. The number of imidazole rings is 1. The Hall–Kier alpha value is -2.34. The van der Waals surface area contributed by atoms with Crippen LogP contribution in [-0.2, 0) is 10.0 Å². The zero-order chi connectivity index (χ0) is 24.4. The quantitative estimate of drug-likeness (QED) is 0.354. The van der Waals surface area contributed by atoms with Gasteiger partial charge in [-0.25, -0.2) is 13.4 Å². The molecule has 2 aromatic heterocycles. The Kier molecular flexibility index (Phi) is 9.85. The Morgan fingerprint density at radius 1 is 1.03 bits per heavy atom. The Bertz CT molecular complexity index is 1270. The van der Waals surface area contributed by atoms with E-state index in [0.717, 1.165) is 38.5 Å². The molecule has 0 bridgehead atoms. The zero-order valence-corrected chi connectivity index (χ0v) is 23.2. The van der Waals surface area contributed by atoms with E-state index < -0.39 is 10.0 Å². The molecule has 0 amide bonds. The molecule has 204 valence electrons. The van der Waals surface area contributed by atoms with E-state index in [-0.39, 0.29) is 47.6 Å². The maximum atomic E-state index is 13.2. The molecule has 0 spiro atoms. The smallest absolute Gasteiger partial charge is 0.263 e. The maximum absolute atomic E-state index is 13.2. The molecule has 0 atom stereocenters. The summed E-state index contributed by atoms with van der Waals surface area (Å²) < 4.78 is 36.6. The molecule has 13 heteroatoms. The number of anilines is 2. The minimum absolute atomic E-state index is 0. The first-order valence-electron chi connectivity index (χ1n) is 12.5. The van der Waals surface area contributed by atoms with Crippen LogP contribution in [0.15, 0.2) is 35.5 Å². The molecule has 2 saturated carbocycles. The first-order valence-corrected chi connectivity index (χ1v) is 13.9. The van der Waals surface area contributed by atoms with Crippen molar-refractivity contribution in [1.29, 1.82) is 0 Å².